The molecule has 0 radical (unpaired) electrons. The fraction of sp³-hybridized carbons (Fsp3) is 0.500. The molecule has 0 aliphatic heterocycles. The Morgan fingerprint density at radius 2 is 2.06 bits per heavy atom. The molecule has 2 atom stereocenters. The quantitative estimate of drug-likeness (QED) is 0.805. The van der Waals surface area contributed by atoms with Crippen LogP contribution in [0.4, 0.5) is 17.6 Å². The minimum Gasteiger partial charge on any atom is -0.375 e. The molecule has 1 heterocycles. The number of hydrogen-bond donors (Lipinski definition) is 2. The molecule has 96 valence electrons. The minimum atomic E-state index is -5.06. The monoisotopic (exact) mass is 252 g/mol. The van der Waals surface area contributed by atoms with Gasteiger partial charge in [0.15, 0.2) is 0 Å². The number of nitrogens with zero attached hydrogens (tertiary/aromatic N) is 1. The van der Waals surface area contributed by atoms with Crippen molar-refractivity contribution in [3.8, 4) is 0 Å². The summed E-state index contributed by atoms with van der Waals surface area (Å²) in [6, 6.07) is -0.877. The van der Waals surface area contributed by atoms with E-state index in [0.717, 1.165) is 12.3 Å². The first kappa shape index (κ1) is 13.9. The number of halogens is 4. The Morgan fingerprint density at radius 3 is 2.47 bits per heavy atom. The first-order chi connectivity index (χ1) is 7.75. The summed E-state index contributed by atoms with van der Waals surface area (Å²) in [4.78, 5) is 3.33. The number of aromatic nitrogens is 1. The lowest BCUT2D eigenvalue weighted by molar-refractivity contribution is -0.275. The Bertz CT molecular complexity index is 396. The summed E-state index contributed by atoms with van der Waals surface area (Å²) >= 11 is 0. The highest BCUT2D eigenvalue weighted by Gasteiger charge is 2.59. The first-order valence-corrected chi connectivity index (χ1v) is 4.89. The maximum Gasteiger partial charge on any atom is 0.423 e. The van der Waals surface area contributed by atoms with Gasteiger partial charge in [-0.25, -0.2) is 4.39 Å². The van der Waals surface area contributed by atoms with Crippen molar-refractivity contribution in [1.29, 1.82) is 0 Å². The Balaban J connectivity index is 3.40. The molecular formula is C10H12F4N2O. The zero-order valence-electron chi connectivity index (χ0n) is 9.00. The van der Waals surface area contributed by atoms with Gasteiger partial charge >= 0.3 is 6.18 Å². The number of pyridine rings is 1. The van der Waals surface area contributed by atoms with Crippen molar-refractivity contribution < 1.29 is 22.7 Å². The van der Waals surface area contributed by atoms with Gasteiger partial charge in [-0.05, 0) is 12.5 Å². The number of rotatable bonds is 3. The molecule has 2 unspecified atom stereocenters. The fourth-order valence-corrected chi connectivity index (χ4v) is 1.54. The van der Waals surface area contributed by atoms with Crippen LogP contribution in [0.5, 0.6) is 0 Å². The smallest absolute Gasteiger partial charge is 0.375 e. The fourth-order valence-electron chi connectivity index (χ4n) is 1.54. The SMILES string of the molecule is CCC(N)C(O)(c1ccncc1F)C(F)(F)F. The van der Waals surface area contributed by atoms with Gasteiger partial charge in [-0.2, -0.15) is 13.2 Å². The second-order valence-electron chi connectivity index (χ2n) is 3.63. The molecule has 0 spiro atoms. The molecule has 3 nitrogen and oxygen atoms in total. The van der Waals surface area contributed by atoms with Gasteiger partial charge in [0.2, 0.25) is 5.60 Å². The number of alkyl halides is 3. The molecule has 0 saturated carbocycles. The maximum absolute atomic E-state index is 13.3. The van der Waals surface area contributed by atoms with Crippen molar-refractivity contribution in [2.24, 2.45) is 5.73 Å². The van der Waals surface area contributed by atoms with Crippen molar-refractivity contribution in [1.82, 2.24) is 4.98 Å². The van der Waals surface area contributed by atoms with Crippen molar-refractivity contribution >= 4 is 0 Å². The predicted octanol–water partition coefficient (Wildman–Crippen LogP) is 1.71. The summed E-state index contributed by atoms with van der Waals surface area (Å²) < 4.78 is 52.0. The molecular weight excluding hydrogens is 240 g/mol. The molecule has 0 aromatic carbocycles. The van der Waals surface area contributed by atoms with Crippen LogP contribution in [0.1, 0.15) is 18.9 Å². The van der Waals surface area contributed by atoms with Gasteiger partial charge in [0.1, 0.15) is 5.82 Å². The summed E-state index contributed by atoms with van der Waals surface area (Å²) in [5.41, 5.74) is 0.965. The summed E-state index contributed by atoms with van der Waals surface area (Å²) in [5.74, 6) is -1.24. The van der Waals surface area contributed by atoms with E-state index in [2.05, 4.69) is 4.98 Å². The summed E-state index contributed by atoms with van der Waals surface area (Å²) in [7, 11) is 0. The van der Waals surface area contributed by atoms with E-state index in [1.807, 2.05) is 0 Å². The third-order valence-electron chi connectivity index (χ3n) is 2.59. The highest BCUT2D eigenvalue weighted by atomic mass is 19.4. The van der Waals surface area contributed by atoms with Crippen LogP contribution in [0.25, 0.3) is 0 Å². The largest absolute Gasteiger partial charge is 0.423 e. The van der Waals surface area contributed by atoms with Crippen molar-refractivity contribution in [3.63, 3.8) is 0 Å². The van der Waals surface area contributed by atoms with E-state index in [0.29, 0.717) is 6.20 Å². The summed E-state index contributed by atoms with van der Waals surface area (Å²) in [5, 5.41) is 9.75. The Hall–Kier alpha value is -1.21. The van der Waals surface area contributed by atoms with E-state index < -0.39 is 29.2 Å². The zero-order chi connectivity index (χ0) is 13.3. The van der Waals surface area contributed by atoms with Crippen molar-refractivity contribution in [2.75, 3.05) is 0 Å². The van der Waals surface area contributed by atoms with Crippen LogP contribution in [0.3, 0.4) is 0 Å². The Labute approximate surface area is 95.3 Å². The van der Waals surface area contributed by atoms with Gasteiger partial charge in [-0.1, -0.05) is 6.92 Å². The lowest BCUT2D eigenvalue weighted by Crippen LogP contribution is -2.55. The predicted molar refractivity (Wildman–Crippen MR) is 52.4 cm³/mol. The van der Waals surface area contributed by atoms with Crippen LogP contribution >= 0.6 is 0 Å². The average Bonchev–Trinajstić information content (AvgIpc) is 2.26. The van der Waals surface area contributed by atoms with E-state index >= 15 is 0 Å². The molecule has 1 aromatic rings. The topological polar surface area (TPSA) is 59.1 Å². The molecule has 0 aliphatic carbocycles. The second-order valence-corrected chi connectivity index (χ2v) is 3.63. The van der Waals surface area contributed by atoms with E-state index in [1.54, 1.807) is 0 Å². The molecule has 17 heavy (non-hydrogen) atoms. The standard InChI is InChI=1S/C10H12F4N2O/c1-2-8(15)9(17,10(12,13)14)6-3-4-16-5-7(6)11/h3-5,8,17H,2,15H2,1H3. The van der Waals surface area contributed by atoms with E-state index in [-0.39, 0.29) is 6.42 Å². The molecule has 7 heteroatoms. The van der Waals surface area contributed by atoms with Crippen LogP contribution in [-0.4, -0.2) is 22.3 Å². The van der Waals surface area contributed by atoms with Gasteiger partial charge in [-0.15, -0.1) is 0 Å². The maximum atomic E-state index is 13.3. The Morgan fingerprint density at radius 1 is 1.47 bits per heavy atom. The first-order valence-electron chi connectivity index (χ1n) is 4.89. The highest BCUT2D eigenvalue weighted by molar-refractivity contribution is 5.25. The third kappa shape index (κ3) is 2.25. The van der Waals surface area contributed by atoms with Crippen molar-refractivity contribution in [2.45, 2.75) is 31.2 Å². The van der Waals surface area contributed by atoms with Gasteiger partial charge in [0.05, 0.1) is 6.20 Å². The molecule has 3 N–H and O–H groups in total. The van der Waals surface area contributed by atoms with Gasteiger partial charge in [-0.3, -0.25) is 4.98 Å². The van der Waals surface area contributed by atoms with E-state index in [9.17, 15) is 22.7 Å². The zero-order valence-corrected chi connectivity index (χ0v) is 9.00. The second kappa shape index (κ2) is 4.58. The highest BCUT2D eigenvalue weighted by Crippen LogP contribution is 2.42. The Kier molecular flexibility index (Phi) is 3.73. The van der Waals surface area contributed by atoms with Crippen LogP contribution in [0.15, 0.2) is 18.5 Å². The number of aliphatic hydroxyl groups is 1. The molecule has 1 aromatic heterocycles. The summed E-state index contributed by atoms with van der Waals surface area (Å²) in [6.07, 6.45) is -3.64. The van der Waals surface area contributed by atoms with Crippen LogP contribution in [0.2, 0.25) is 0 Å². The average molecular weight is 252 g/mol. The van der Waals surface area contributed by atoms with E-state index in [4.69, 9.17) is 5.73 Å². The van der Waals surface area contributed by atoms with Crippen LogP contribution in [-0.2, 0) is 5.60 Å². The normalized spacial score (nSPS) is 17.6. The van der Waals surface area contributed by atoms with Gasteiger partial charge < -0.3 is 10.8 Å². The molecule has 0 bridgehead atoms. The van der Waals surface area contributed by atoms with Crippen LogP contribution in [0, 0.1) is 5.82 Å². The third-order valence-corrected chi connectivity index (χ3v) is 2.59. The van der Waals surface area contributed by atoms with E-state index in [1.165, 1.54) is 6.92 Å². The molecule has 1 rings (SSSR count). The summed E-state index contributed by atoms with van der Waals surface area (Å²) in [6.45, 7) is 1.38. The molecule has 0 amide bonds. The number of nitrogens with two attached hydrogens (primary N) is 1. The molecule has 0 saturated heterocycles. The van der Waals surface area contributed by atoms with Gasteiger partial charge in [0.25, 0.3) is 0 Å². The molecule has 0 aliphatic rings. The lowest BCUT2D eigenvalue weighted by atomic mass is 9.85. The molecule has 0 fully saturated rings. The van der Waals surface area contributed by atoms with Crippen LogP contribution < -0.4 is 5.73 Å². The van der Waals surface area contributed by atoms with Gasteiger partial charge in [0, 0.05) is 17.8 Å². The minimum absolute atomic E-state index is 0.155. The lowest BCUT2D eigenvalue weighted by Gasteiger charge is -2.35. The van der Waals surface area contributed by atoms with Crippen molar-refractivity contribution in [3.05, 3.63) is 29.8 Å². The number of hydrogen-bond acceptors (Lipinski definition) is 3.